The van der Waals surface area contributed by atoms with Crippen LogP contribution in [0.5, 0.6) is 0 Å². The summed E-state index contributed by atoms with van der Waals surface area (Å²) in [5.41, 5.74) is 2.30. The third kappa shape index (κ3) is 3.31. The Morgan fingerprint density at radius 2 is 2.31 bits per heavy atom. The average Bonchev–Trinajstić information content (AvgIpc) is 2.38. The van der Waals surface area contributed by atoms with E-state index in [0.717, 1.165) is 44.3 Å². The number of aromatic nitrogens is 1. The van der Waals surface area contributed by atoms with E-state index in [1.807, 2.05) is 6.07 Å². The van der Waals surface area contributed by atoms with Crippen LogP contribution in [-0.2, 0) is 17.6 Å². The Morgan fingerprint density at radius 3 is 3.06 bits per heavy atom. The highest BCUT2D eigenvalue weighted by Crippen LogP contribution is 2.19. The Bertz CT molecular complexity index is 340. The molecule has 4 nitrogen and oxygen atoms in total. The Hall–Kier alpha value is -1.42. The zero-order valence-electron chi connectivity index (χ0n) is 9.57. The number of anilines is 1. The number of rotatable bonds is 3. The molecule has 1 aromatic rings. The lowest BCUT2D eigenvalue weighted by Gasteiger charge is -2.17. The van der Waals surface area contributed by atoms with Crippen LogP contribution in [-0.4, -0.2) is 30.0 Å². The number of pyridine rings is 1. The summed E-state index contributed by atoms with van der Waals surface area (Å²) in [6.45, 7) is 1.01. The van der Waals surface area contributed by atoms with E-state index < -0.39 is 0 Å². The molecule has 0 amide bonds. The third-order valence-corrected chi connectivity index (χ3v) is 2.47. The standard InChI is InChI=1S/C11H14N2O.CH4O/c14-8-2-4-10-6-5-9-3-1-7-12-11(9)13-10;1-2/h5-6,8H,1-4,7H2,(H,12,13);2H,1H3. The second-order valence-corrected chi connectivity index (χ2v) is 3.55. The van der Waals surface area contributed by atoms with Crippen LogP contribution in [0.3, 0.4) is 0 Å². The van der Waals surface area contributed by atoms with Gasteiger partial charge in [-0.25, -0.2) is 4.98 Å². The summed E-state index contributed by atoms with van der Waals surface area (Å²) in [5, 5.41) is 10.3. The SMILES string of the molecule is CO.O=CCCc1ccc2c(n1)NCCC2. The molecule has 1 aliphatic heterocycles. The number of carbonyl (C=O) groups is 1. The molecular formula is C12H18N2O2. The van der Waals surface area contributed by atoms with Crippen molar-refractivity contribution < 1.29 is 9.90 Å². The fourth-order valence-corrected chi connectivity index (χ4v) is 1.71. The van der Waals surface area contributed by atoms with Crippen LogP contribution < -0.4 is 5.32 Å². The molecule has 0 atom stereocenters. The predicted octanol–water partition coefficient (Wildman–Crippen LogP) is 1.18. The summed E-state index contributed by atoms with van der Waals surface area (Å²) in [6.07, 6.45) is 4.55. The number of carbonyl (C=O) groups excluding carboxylic acids is 1. The number of nitrogens with one attached hydrogen (secondary N) is 1. The Labute approximate surface area is 95.7 Å². The molecule has 88 valence electrons. The highest BCUT2D eigenvalue weighted by Gasteiger charge is 2.09. The number of aldehydes is 1. The number of hydrogen-bond donors (Lipinski definition) is 2. The molecule has 0 saturated heterocycles. The van der Waals surface area contributed by atoms with E-state index in [-0.39, 0.29) is 0 Å². The first-order chi connectivity index (χ1) is 7.90. The largest absolute Gasteiger partial charge is 0.400 e. The summed E-state index contributed by atoms with van der Waals surface area (Å²) in [5.74, 6) is 1.01. The summed E-state index contributed by atoms with van der Waals surface area (Å²) >= 11 is 0. The van der Waals surface area contributed by atoms with Crippen molar-refractivity contribution in [1.82, 2.24) is 4.98 Å². The molecular weight excluding hydrogens is 204 g/mol. The highest BCUT2D eigenvalue weighted by molar-refractivity contribution is 5.51. The monoisotopic (exact) mass is 222 g/mol. The van der Waals surface area contributed by atoms with E-state index in [1.165, 1.54) is 12.0 Å². The van der Waals surface area contributed by atoms with Crippen molar-refractivity contribution in [2.45, 2.75) is 25.7 Å². The fourth-order valence-electron chi connectivity index (χ4n) is 1.71. The number of aryl methyl sites for hydroxylation is 2. The van der Waals surface area contributed by atoms with Gasteiger partial charge in [-0.15, -0.1) is 0 Å². The molecule has 0 aromatic carbocycles. The third-order valence-electron chi connectivity index (χ3n) is 2.47. The number of aliphatic hydroxyl groups is 1. The summed E-state index contributed by atoms with van der Waals surface area (Å²) in [4.78, 5) is 14.7. The summed E-state index contributed by atoms with van der Waals surface area (Å²) in [7, 11) is 1.00. The van der Waals surface area contributed by atoms with Gasteiger partial charge in [0.15, 0.2) is 0 Å². The van der Waals surface area contributed by atoms with E-state index >= 15 is 0 Å². The second-order valence-electron chi connectivity index (χ2n) is 3.55. The highest BCUT2D eigenvalue weighted by atomic mass is 16.2. The first-order valence-electron chi connectivity index (χ1n) is 5.51. The molecule has 2 rings (SSSR count). The van der Waals surface area contributed by atoms with E-state index in [9.17, 15) is 4.79 Å². The molecule has 0 aliphatic carbocycles. The van der Waals surface area contributed by atoms with Crippen molar-refractivity contribution >= 4 is 12.1 Å². The molecule has 2 N–H and O–H groups in total. The first kappa shape index (κ1) is 12.6. The molecule has 16 heavy (non-hydrogen) atoms. The van der Waals surface area contributed by atoms with Gasteiger partial charge in [-0.1, -0.05) is 6.07 Å². The van der Waals surface area contributed by atoms with Crippen molar-refractivity contribution in [2.75, 3.05) is 19.0 Å². The van der Waals surface area contributed by atoms with Crippen molar-refractivity contribution in [3.8, 4) is 0 Å². The average molecular weight is 222 g/mol. The Balaban J connectivity index is 0.000000606. The molecule has 0 unspecified atom stereocenters. The van der Waals surface area contributed by atoms with E-state index in [4.69, 9.17) is 5.11 Å². The summed E-state index contributed by atoms with van der Waals surface area (Å²) < 4.78 is 0. The molecule has 1 aliphatic rings. The zero-order valence-corrected chi connectivity index (χ0v) is 9.57. The van der Waals surface area contributed by atoms with Crippen molar-refractivity contribution in [2.24, 2.45) is 0 Å². The van der Waals surface area contributed by atoms with Crippen LogP contribution in [0.2, 0.25) is 0 Å². The van der Waals surface area contributed by atoms with E-state index in [2.05, 4.69) is 16.4 Å². The summed E-state index contributed by atoms with van der Waals surface area (Å²) in [6, 6.07) is 4.14. The van der Waals surface area contributed by atoms with Crippen LogP contribution in [0.25, 0.3) is 0 Å². The van der Waals surface area contributed by atoms with Gasteiger partial charge in [-0.05, 0) is 30.9 Å². The topological polar surface area (TPSA) is 62.2 Å². The Kier molecular flexibility index (Phi) is 5.50. The second kappa shape index (κ2) is 6.95. The lowest BCUT2D eigenvalue weighted by Crippen LogP contribution is -2.14. The van der Waals surface area contributed by atoms with Crippen LogP contribution in [0.15, 0.2) is 12.1 Å². The lowest BCUT2D eigenvalue weighted by atomic mass is 10.1. The van der Waals surface area contributed by atoms with Crippen molar-refractivity contribution in [3.63, 3.8) is 0 Å². The van der Waals surface area contributed by atoms with Gasteiger partial charge >= 0.3 is 0 Å². The zero-order chi connectivity index (χ0) is 11.8. The normalized spacial score (nSPS) is 12.9. The molecule has 0 bridgehead atoms. The van der Waals surface area contributed by atoms with Gasteiger partial charge in [-0.3, -0.25) is 0 Å². The minimum Gasteiger partial charge on any atom is -0.400 e. The molecule has 0 spiro atoms. The van der Waals surface area contributed by atoms with Gasteiger partial charge < -0.3 is 15.2 Å². The number of fused-ring (bicyclic) bond motifs is 1. The fraction of sp³-hybridized carbons (Fsp3) is 0.500. The van der Waals surface area contributed by atoms with Crippen LogP contribution in [0, 0.1) is 0 Å². The van der Waals surface area contributed by atoms with Gasteiger partial charge in [0.05, 0.1) is 0 Å². The number of aliphatic hydroxyl groups excluding tert-OH is 1. The number of hydrogen-bond acceptors (Lipinski definition) is 4. The quantitative estimate of drug-likeness (QED) is 0.754. The molecule has 0 fully saturated rings. The molecule has 0 radical (unpaired) electrons. The van der Waals surface area contributed by atoms with E-state index in [1.54, 1.807) is 0 Å². The van der Waals surface area contributed by atoms with Crippen molar-refractivity contribution in [1.29, 1.82) is 0 Å². The molecule has 0 saturated carbocycles. The molecule has 2 heterocycles. The maximum Gasteiger partial charge on any atom is 0.129 e. The Morgan fingerprint density at radius 1 is 1.50 bits per heavy atom. The first-order valence-corrected chi connectivity index (χ1v) is 5.51. The predicted molar refractivity (Wildman–Crippen MR) is 63.6 cm³/mol. The van der Waals surface area contributed by atoms with Gasteiger partial charge in [-0.2, -0.15) is 0 Å². The van der Waals surface area contributed by atoms with Crippen LogP contribution in [0.4, 0.5) is 5.82 Å². The van der Waals surface area contributed by atoms with Gasteiger partial charge in [0.2, 0.25) is 0 Å². The minimum atomic E-state index is 0.561. The van der Waals surface area contributed by atoms with Gasteiger partial charge in [0.1, 0.15) is 12.1 Å². The minimum absolute atomic E-state index is 0.561. The van der Waals surface area contributed by atoms with E-state index in [0.29, 0.717) is 6.42 Å². The smallest absolute Gasteiger partial charge is 0.129 e. The molecule has 1 aromatic heterocycles. The lowest BCUT2D eigenvalue weighted by molar-refractivity contribution is -0.107. The number of nitrogens with zero attached hydrogens (tertiary/aromatic N) is 1. The van der Waals surface area contributed by atoms with Gasteiger partial charge in [0, 0.05) is 25.8 Å². The maximum absolute atomic E-state index is 10.2. The van der Waals surface area contributed by atoms with Gasteiger partial charge in [0.25, 0.3) is 0 Å². The molecule has 4 heteroatoms. The van der Waals surface area contributed by atoms with Crippen LogP contribution >= 0.6 is 0 Å². The van der Waals surface area contributed by atoms with Crippen LogP contribution in [0.1, 0.15) is 24.1 Å². The van der Waals surface area contributed by atoms with Crippen molar-refractivity contribution in [3.05, 3.63) is 23.4 Å². The maximum atomic E-state index is 10.2.